The highest BCUT2D eigenvalue weighted by Gasteiger charge is 2.29. The summed E-state index contributed by atoms with van der Waals surface area (Å²) in [6.45, 7) is 0. The second-order valence-corrected chi connectivity index (χ2v) is 6.73. The molecule has 0 saturated heterocycles. The molecule has 1 rings (SSSR count). The quantitative estimate of drug-likeness (QED) is 0.512. The summed E-state index contributed by atoms with van der Waals surface area (Å²) in [5, 5.41) is 7.04. The molecule has 0 aliphatic carbocycles. The Labute approximate surface area is 125 Å². The molecule has 1 atom stereocenters. The van der Waals surface area contributed by atoms with Gasteiger partial charge in [-0.2, -0.15) is 8.42 Å². The number of hydrogen-bond acceptors (Lipinski definition) is 3. The van der Waals surface area contributed by atoms with Gasteiger partial charge in [0.1, 0.15) is 0 Å². The van der Waals surface area contributed by atoms with E-state index in [1.165, 1.54) is 5.56 Å². The maximum absolute atomic E-state index is 10.9. The molecule has 0 aromatic heterocycles. The lowest BCUT2D eigenvalue weighted by atomic mass is 10.0. The van der Waals surface area contributed by atoms with E-state index in [4.69, 9.17) is 9.66 Å². The van der Waals surface area contributed by atoms with E-state index in [2.05, 4.69) is 12.1 Å². The molecular weight excluding hydrogens is 292 g/mol. The molecule has 2 N–H and O–H groups in total. The first-order valence-corrected chi connectivity index (χ1v) is 8.64. The lowest BCUT2D eigenvalue weighted by Crippen LogP contribution is -2.29. The molecule has 118 valence electrons. The van der Waals surface area contributed by atoms with Gasteiger partial charge in [0, 0.05) is 0 Å². The largest absolute Gasteiger partial charge is 0.480 e. The number of aryl methyl sites for hydroxylation is 1. The van der Waals surface area contributed by atoms with E-state index in [1.54, 1.807) is 0 Å². The Morgan fingerprint density at radius 3 is 2.14 bits per heavy atom. The van der Waals surface area contributed by atoms with Gasteiger partial charge in [0.2, 0.25) is 0 Å². The number of rotatable bonds is 10. The van der Waals surface area contributed by atoms with Crippen LogP contribution in [0.15, 0.2) is 30.3 Å². The van der Waals surface area contributed by atoms with Crippen LogP contribution in [-0.2, 0) is 21.3 Å². The van der Waals surface area contributed by atoms with Crippen molar-refractivity contribution in [2.24, 2.45) is 0 Å². The first-order chi connectivity index (χ1) is 9.91. The van der Waals surface area contributed by atoms with Crippen LogP contribution in [0.3, 0.4) is 0 Å². The molecule has 0 radical (unpaired) electrons. The summed E-state index contributed by atoms with van der Waals surface area (Å²) in [4.78, 5) is 10.7. The van der Waals surface area contributed by atoms with E-state index in [-0.39, 0.29) is 6.42 Å². The van der Waals surface area contributed by atoms with Crippen molar-refractivity contribution in [3.63, 3.8) is 0 Å². The minimum Gasteiger partial charge on any atom is -0.480 e. The highest BCUT2D eigenvalue weighted by Crippen LogP contribution is 2.13. The molecule has 0 fully saturated rings. The summed E-state index contributed by atoms with van der Waals surface area (Å²) < 4.78 is 30.5. The van der Waals surface area contributed by atoms with Gasteiger partial charge in [-0.05, 0) is 24.8 Å². The maximum atomic E-state index is 10.9. The van der Waals surface area contributed by atoms with Gasteiger partial charge in [-0.3, -0.25) is 9.35 Å². The molecule has 6 heteroatoms. The third-order valence-corrected chi connectivity index (χ3v) is 4.57. The zero-order chi connectivity index (χ0) is 15.7. The average molecular weight is 314 g/mol. The Morgan fingerprint density at radius 1 is 1.00 bits per heavy atom. The van der Waals surface area contributed by atoms with Crippen LogP contribution in [0.4, 0.5) is 0 Å². The van der Waals surface area contributed by atoms with Crippen molar-refractivity contribution < 1.29 is 22.9 Å². The lowest BCUT2D eigenvalue weighted by molar-refractivity contribution is -0.136. The Kier molecular flexibility index (Phi) is 7.39. The second-order valence-electron chi connectivity index (χ2n) is 5.13. The van der Waals surface area contributed by atoms with Gasteiger partial charge in [0.05, 0.1) is 0 Å². The minimum atomic E-state index is -4.50. The fourth-order valence-corrected chi connectivity index (χ4v) is 2.95. The summed E-state index contributed by atoms with van der Waals surface area (Å²) in [5.41, 5.74) is 1.30. The average Bonchev–Trinajstić information content (AvgIpc) is 2.41. The van der Waals surface area contributed by atoms with Crippen molar-refractivity contribution in [2.75, 3.05) is 0 Å². The zero-order valence-corrected chi connectivity index (χ0v) is 12.8. The summed E-state index contributed by atoms with van der Waals surface area (Å²) in [6.07, 6.45) is 5.26. The summed E-state index contributed by atoms with van der Waals surface area (Å²) >= 11 is 0. The van der Waals surface area contributed by atoms with E-state index in [1.807, 2.05) is 18.2 Å². The summed E-state index contributed by atoms with van der Waals surface area (Å²) in [6, 6.07) is 10.2. The number of unbranched alkanes of at least 4 members (excludes halogenated alkanes) is 4. The fraction of sp³-hybridized carbons (Fsp3) is 0.533. The zero-order valence-electron chi connectivity index (χ0n) is 11.9. The van der Waals surface area contributed by atoms with Gasteiger partial charge in [0.15, 0.2) is 5.25 Å². The van der Waals surface area contributed by atoms with E-state index in [0.29, 0.717) is 6.42 Å². The van der Waals surface area contributed by atoms with Crippen LogP contribution < -0.4 is 0 Å². The predicted octanol–water partition coefficient (Wildman–Crippen LogP) is 2.91. The number of carbonyl (C=O) groups is 1. The Bertz CT molecular complexity index is 524. The van der Waals surface area contributed by atoms with Crippen LogP contribution in [0.1, 0.15) is 44.1 Å². The summed E-state index contributed by atoms with van der Waals surface area (Å²) in [7, 11) is -4.50. The Morgan fingerprint density at radius 2 is 1.57 bits per heavy atom. The van der Waals surface area contributed by atoms with Gasteiger partial charge < -0.3 is 5.11 Å². The second kappa shape index (κ2) is 8.79. The molecule has 0 aliphatic heterocycles. The van der Waals surface area contributed by atoms with E-state index < -0.39 is 21.3 Å². The van der Waals surface area contributed by atoms with Crippen molar-refractivity contribution >= 4 is 16.1 Å². The number of benzene rings is 1. The van der Waals surface area contributed by atoms with Crippen molar-refractivity contribution in [1.29, 1.82) is 0 Å². The van der Waals surface area contributed by atoms with Gasteiger partial charge in [-0.1, -0.05) is 56.0 Å². The molecule has 21 heavy (non-hydrogen) atoms. The molecule has 0 heterocycles. The number of carboxylic acid groups (broad SMARTS) is 1. The SMILES string of the molecule is O=C(O)C(CCCCCCCc1ccccc1)S(=O)(=O)O. The molecule has 1 aromatic carbocycles. The topological polar surface area (TPSA) is 91.7 Å². The van der Waals surface area contributed by atoms with Crippen molar-refractivity contribution in [3.05, 3.63) is 35.9 Å². The highest BCUT2D eigenvalue weighted by atomic mass is 32.2. The first-order valence-electron chi connectivity index (χ1n) is 7.14. The normalized spacial score (nSPS) is 13.0. The van der Waals surface area contributed by atoms with Crippen LogP contribution in [0, 0.1) is 0 Å². The van der Waals surface area contributed by atoms with E-state index in [0.717, 1.165) is 32.1 Å². The molecule has 0 spiro atoms. The van der Waals surface area contributed by atoms with Gasteiger partial charge in [-0.25, -0.2) is 0 Å². The molecular formula is C15H22O5S. The molecule has 1 aromatic rings. The predicted molar refractivity (Wildman–Crippen MR) is 80.8 cm³/mol. The van der Waals surface area contributed by atoms with Gasteiger partial charge in [-0.15, -0.1) is 0 Å². The standard InChI is InChI=1S/C15H22O5S/c16-15(17)14(21(18,19)20)12-8-3-1-2-5-9-13-10-6-4-7-11-13/h4,6-7,10-11,14H,1-3,5,8-9,12H2,(H,16,17)(H,18,19,20). The highest BCUT2D eigenvalue weighted by molar-refractivity contribution is 7.87. The molecule has 1 unspecified atom stereocenters. The third-order valence-electron chi connectivity index (χ3n) is 3.41. The van der Waals surface area contributed by atoms with Crippen LogP contribution >= 0.6 is 0 Å². The Balaban J connectivity index is 2.13. The first kappa shape index (κ1) is 17.7. The van der Waals surface area contributed by atoms with Crippen LogP contribution in [0.2, 0.25) is 0 Å². The smallest absolute Gasteiger partial charge is 0.324 e. The van der Waals surface area contributed by atoms with Crippen molar-refractivity contribution in [2.45, 2.75) is 50.2 Å². The number of hydrogen-bond donors (Lipinski definition) is 2. The van der Waals surface area contributed by atoms with E-state index in [9.17, 15) is 13.2 Å². The van der Waals surface area contributed by atoms with Crippen LogP contribution in [-0.4, -0.2) is 29.3 Å². The van der Waals surface area contributed by atoms with Crippen molar-refractivity contribution in [1.82, 2.24) is 0 Å². The number of carboxylic acids is 1. The lowest BCUT2D eigenvalue weighted by Gasteiger charge is -2.08. The number of aliphatic carboxylic acids is 1. The van der Waals surface area contributed by atoms with Gasteiger partial charge >= 0.3 is 5.97 Å². The van der Waals surface area contributed by atoms with E-state index >= 15 is 0 Å². The minimum absolute atomic E-state index is 0.0349. The molecule has 0 bridgehead atoms. The molecule has 0 saturated carbocycles. The van der Waals surface area contributed by atoms with Crippen molar-refractivity contribution in [3.8, 4) is 0 Å². The van der Waals surface area contributed by atoms with Crippen LogP contribution in [0.5, 0.6) is 0 Å². The maximum Gasteiger partial charge on any atom is 0.324 e. The monoisotopic (exact) mass is 314 g/mol. The molecule has 5 nitrogen and oxygen atoms in total. The molecule has 0 aliphatic rings. The van der Waals surface area contributed by atoms with Gasteiger partial charge in [0.25, 0.3) is 10.1 Å². The Hall–Kier alpha value is -1.40. The van der Waals surface area contributed by atoms with Crippen LogP contribution in [0.25, 0.3) is 0 Å². The fourth-order valence-electron chi connectivity index (χ4n) is 2.23. The molecule has 0 amide bonds. The summed E-state index contributed by atoms with van der Waals surface area (Å²) in [5.74, 6) is -1.48. The third kappa shape index (κ3) is 7.24.